The Bertz CT molecular complexity index is 1630. The van der Waals surface area contributed by atoms with Crippen molar-refractivity contribution in [2.45, 2.75) is 156 Å². The molecule has 6 rings (SSSR count). The van der Waals surface area contributed by atoms with Crippen LogP contribution in [-0.2, 0) is 28.8 Å². The van der Waals surface area contributed by atoms with Crippen LogP contribution in [0.4, 0.5) is 0 Å². The van der Waals surface area contributed by atoms with Crippen molar-refractivity contribution in [1.82, 2.24) is 15.5 Å². The quantitative estimate of drug-likeness (QED) is 0.206. The van der Waals surface area contributed by atoms with E-state index in [-0.39, 0.29) is 43.0 Å². The fraction of sp³-hybridized carbons (Fsp3) is 0.721. The first kappa shape index (κ1) is 39.9. The van der Waals surface area contributed by atoms with E-state index in [4.69, 9.17) is 9.57 Å². The van der Waals surface area contributed by atoms with Crippen molar-refractivity contribution in [2.24, 2.45) is 34.2 Å². The molecule has 54 heavy (non-hydrogen) atoms. The Morgan fingerprint density at radius 2 is 1.67 bits per heavy atom. The molecule has 4 fully saturated rings. The second-order valence-electron chi connectivity index (χ2n) is 18.0. The molecule has 1 spiro atoms. The summed E-state index contributed by atoms with van der Waals surface area (Å²) < 4.78 is 5.86. The van der Waals surface area contributed by atoms with Crippen LogP contribution in [0.25, 0.3) is 0 Å². The summed E-state index contributed by atoms with van der Waals surface area (Å²) in [6, 6.07) is 1.17. The van der Waals surface area contributed by atoms with Gasteiger partial charge in [0, 0.05) is 30.7 Å². The van der Waals surface area contributed by atoms with Crippen molar-refractivity contribution in [3.63, 3.8) is 0 Å². The third kappa shape index (κ3) is 8.86. The number of benzene rings is 1. The number of nitrogens with one attached hydrogen (secondary N) is 2. The van der Waals surface area contributed by atoms with E-state index in [9.17, 15) is 24.0 Å². The average Bonchev–Trinajstić information content (AvgIpc) is 4.05. The normalized spacial score (nSPS) is 26.5. The van der Waals surface area contributed by atoms with Gasteiger partial charge < -0.3 is 25.1 Å². The summed E-state index contributed by atoms with van der Waals surface area (Å²) in [4.78, 5) is 77.0. The maximum absolute atomic E-state index is 14.8. The molecule has 11 heteroatoms. The topological polar surface area (TPSA) is 143 Å². The number of Topliss-reactive ketones (excluding diaryl/α,β-unsaturated/α-hetero) is 2. The summed E-state index contributed by atoms with van der Waals surface area (Å²) in [5, 5.41) is 10.6. The molecule has 296 valence electrons. The molecule has 2 N–H and O–H groups in total. The highest BCUT2D eigenvalue weighted by Crippen LogP contribution is 2.50. The molecular formula is C43H62N4O7. The van der Waals surface area contributed by atoms with Crippen LogP contribution in [0, 0.1) is 42.9 Å². The molecular weight excluding hydrogens is 684 g/mol. The van der Waals surface area contributed by atoms with E-state index in [1.807, 2.05) is 60.6 Å². The number of likely N-dealkylation sites (tertiary alicyclic amines) is 1. The minimum Gasteiger partial charge on any atom is -0.493 e. The van der Waals surface area contributed by atoms with Crippen molar-refractivity contribution in [3.05, 3.63) is 28.8 Å². The largest absolute Gasteiger partial charge is 0.493 e. The van der Waals surface area contributed by atoms with Gasteiger partial charge >= 0.3 is 0 Å². The van der Waals surface area contributed by atoms with E-state index in [1.165, 1.54) is 24.2 Å². The van der Waals surface area contributed by atoms with Gasteiger partial charge in [0.2, 0.25) is 29.3 Å². The molecule has 0 radical (unpaired) electrons. The number of hydrogen-bond donors (Lipinski definition) is 2. The standard InChI is InChI=1S/C43H62N4O7/c1-8-13-32(36(49)35(48)20-27-16-17-27)44-40(51)34-23-43(22-33(46-54-43)29-18-25(3)37(53-9-2)26(4)19-29)24-47(34)41(52)38(42(5,6)7)45-39(50)31-21-30(31)28-14-11-10-12-15-28/h18-19,27-28,30-32,34,38H,8-17,20-24H2,1-7H3,(H,44,51)(H,45,50)/t30-,31+,32-,34-,38+,43+/m0/s1. The third-order valence-electron chi connectivity index (χ3n) is 12.4. The Balaban J connectivity index is 1.24. The molecule has 11 nitrogen and oxygen atoms in total. The summed E-state index contributed by atoms with van der Waals surface area (Å²) >= 11 is 0. The van der Waals surface area contributed by atoms with Crippen molar-refractivity contribution < 1.29 is 33.5 Å². The monoisotopic (exact) mass is 746 g/mol. The van der Waals surface area contributed by atoms with Gasteiger partial charge in [-0.05, 0) is 92.9 Å². The average molecular weight is 747 g/mol. The van der Waals surface area contributed by atoms with Crippen LogP contribution in [0.5, 0.6) is 5.75 Å². The molecule has 1 aromatic rings. The molecule has 3 saturated carbocycles. The lowest BCUT2D eigenvalue weighted by Gasteiger charge is -2.36. The van der Waals surface area contributed by atoms with Gasteiger partial charge in [-0.15, -0.1) is 0 Å². The second kappa shape index (κ2) is 16.1. The number of aryl methyl sites for hydroxylation is 2. The van der Waals surface area contributed by atoms with Crippen molar-refractivity contribution in [1.29, 1.82) is 0 Å². The SMILES string of the molecule is CCC[C@H](NC(=O)[C@@H]1C[C@]2(CC(c3cc(C)c(OCC)c(C)c3)=NO2)CN1C(=O)[C@@H](NC(=O)[C@@H]1C[C@H]1C1CCCCC1)C(C)(C)C)C(=O)C(=O)CC1CC1. The molecule has 2 heterocycles. The van der Waals surface area contributed by atoms with Crippen LogP contribution in [-0.4, -0.2) is 76.8 Å². The molecule has 6 atom stereocenters. The fourth-order valence-corrected chi connectivity index (χ4v) is 9.14. The first-order chi connectivity index (χ1) is 25.6. The highest BCUT2D eigenvalue weighted by atomic mass is 16.7. The van der Waals surface area contributed by atoms with Gasteiger partial charge in [-0.3, -0.25) is 24.0 Å². The van der Waals surface area contributed by atoms with E-state index in [2.05, 4.69) is 15.8 Å². The Labute approximate surface area is 321 Å². The van der Waals surface area contributed by atoms with Crippen LogP contribution in [0.2, 0.25) is 0 Å². The van der Waals surface area contributed by atoms with Gasteiger partial charge in [0.1, 0.15) is 17.8 Å². The van der Waals surface area contributed by atoms with Gasteiger partial charge in [-0.1, -0.05) is 71.4 Å². The Morgan fingerprint density at radius 1 is 0.981 bits per heavy atom. The number of carbonyl (C=O) groups excluding carboxylic acids is 5. The van der Waals surface area contributed by atoms with E-state index in [0.29, 0.717) is 43.4 Å². The van der Waals surface area contributed by atoms with Crippen LogP contribution in [0.15, 0.2) is 17.3 Å². The summed E-state index contributed by atoms with van der Waals surface area (Å²) in [6.07, 6.45) is 10.4. The number of ether oxygens (including phenoxy) is 1. The lowest BCUT2D eigenvalue weighted by Crippen LogP contribution is -2.59. The minimum absolute atomic E-state index is 0.0789. The van der Waals surface area contributed by atoms with E-state index in [0.717, 1.165) is 54.5 Å². The van der Waals surface area contributed by atoms with Crippen LogP contribution in [0.3, 0.4) is 0 Å². The van der Waals surface area contributed by atoms with Gasteiger partial charge in [-0.2, -0.15) is 0 Å². The molecule has 3 amide bonds. The minimum atomic E-state index is -1.00. The Hall–Kier alpha value is -3.76. The fourth-order valence-electron chi connectivity index (χ4n) is 9.14. The zero-order chi connectivity index (χ0) is 38.9. The van der Waals surface area contributed by atoms with Gasteiger partial charge in [0.25, 0.3) is 0 Å². The first-order valence-corrected chi connectivity index (χ1v) is 20.6. The molecule has 3 aliphatic carbocycles. The zero-order valence-electron chi connectivity index (χ0n) is 33.6. The van der Waals surface area contributed by atoms with Crippen LogP contribution >= 0.6 is 0 Å². The molecule has 1 aromatic carbocycles. The molecule has 0 aromatic heterocycles. The molecule has 0 bridgehead atoms. The van der Waals surface area contributed by atoms with Crippen molar-refractivity contribution in [2.75, 3.05) is 13.2 Å². The van der Waals surface area contributed by atoms with E-state index in [1.54, 1.807) is 0 Å². The lowest BCUT2D eigenvalue weighted by atomic mass is 9.84. The molecule has 2 aliphatic heterocycles. The number of ketones is 2. The zero-order valence-corrected chi connectivity index (χ0v) is 33.6. The maximum atomic E-state index is 14.8. The van der Waals surface area contributed by atoms with E-state index < -0.39 is 46.6 Å². The number of nitrogens with zero attached hydrogens (tertiary/aromatic N) is 2. The molecule has 0 unspecified atom stereocenters. The van der Waals surface area contributed by atoms with Gasteiger partial charge in [-0.25, -0.2) is 0 Å². The third-order valence-corrected chi connectivity index (χ3v) is 12.4. The van der Waals surface area contributed by atoms with Crippen LogP contribution < -0.4 is 15.4 Å². The predicted octanol–water partition coefficient (Wildman–Crippen LogP) is 6.14. The molecule has 5 aliphatic rings. The van der Waals surface area contributed by atoms with Crippen molar-refractivity contribution in [3.8, 4) is 5.75 Å². The number of oxime groups is 1. The maximum Gasteiger partial charge on any atom is 0.246 e. The smallest absolute Gasteiger partial charge is 0.246 e. The lowest BCUT2D eigenvalue weighted by molar-refractivity contribution is -0.145. The first-order valence-electron chi connectivity index (χ1n) is 20.6. The van der Waals surface area contributed by atoms with E-state index >= 15 is 0 Å². The second-order valence-corrected chi connectivity index (χ2v) is 18.0. The summed E-state index contributed by atoms with van der Waals surface area (Å²) in [7, 11) is 0. The van der Waals surface area contributed by atoms with Gasteiger partial charge in [0.15, 0.2) is 5.60 Å². The Kier molecular flexibility index (Phi) is 11.9. The number of carbonyl (C=O) groups is 5. The molecule has 1 saturated heterocycles. The number of amides is 3. The number of hydrogen-bond acceptors (Lipinski definition) is 8. The predicted molar refractivity (Wildman–Crippen MR) is 206 cm³/mol. The summed E-state index contributed by atoms with van der Waals surface area (Å²) in [6.45, 7) is 14.2. The van der Waals surface area contributed by atoms with Crippen molar-refractivity contribution >= 4 is 35.0 Å². The van der Waals surface area contributed by atoms with Gasteiger partial charge in [0.05, 0.1) is 24.9 Å². The highest BCUT2D eigenvalue weighted by molar-refractivity contribution is 6.39. The Morgan fingerprint density at radius 3 is 2.28 bits per heavy atom. The number of rotatable bonds is 15. The summed E-state index contributed by atoms with van der Waals surface area (Å²) in [5.41, 5.74) is 1.90. The summed E-state index contributed by atoms with van der Waals surface area (Å²) in [5.74, 6) is -0.0836. The van der Waals surface area contributed by atoms with Crippen LogP contribution in [0.1, 0.15) is 135 Å². The highest BCUT2D eigenvalue weighted by Gasteiger charge is 2.56.